The molecule has 5 heteroatoms. The Morgan fingerprint density at radius 3 is 2.43 bits per heavy atom. The van der Waals surface area contributed by atoms with Gasteiger partial charge in [0, 0.05) is 17.7 Å². The summed E-state index contributed by atoms with van der Waals surface area (Å²) >= 11 is 0. The lowest BCUT2D eigenvalue weighted by Crippen LogP contribution is -2.21. The molecule has 0 aliphatic carbocycles. The Morgan fingerprint density at radius 1 is 1.09 bits per heavy atom. The number of nitrogens with one attached hydrogen (secondary N) is 1. The van der Waals surface area contributed by atoms with E-state index in [1.807, 2.05) is 30.3 Å². The maximum atomic E-state index is 12.2. The molecule has 1 aliphatic rings. The van der Waals surface area contributed by atoms with Crippen LogP contribution in [0.25, 0.3) is 0 Å². The van der Waals surface area contributed by atoms with Crippen molar-refractivity contribution in [3.8, 4) is 0 Å². The van der Waals surface area contributed by atoms with Crippen LogP contribution in [0.2, 0.25) is 0 Å². The molecule has 1 heterocycles. The molecule has 5 nitrogen and oxygen atoms in total. The first-order valence-corrected chi connectivity index (χ1v) is 7.33. The molecule has 0 spiro atoms. The van der Waals surface area contributed by atoms with Gasteiger partial charge in [-0.05, 0) is 36.8 Å². The van der Waals surface area contributed by atoms with Crippen molar-refractivity contribution in [1.29, 1.82) is 0 Å². The average molecular weight is 308 g/mol. The molecular weight excluding hydrogens is 292 g/mol. The molecule has 0 saturated carbocycles. The zero-order valence-corrected chi connectivity index (χ0v) is 12.7. The van der Waals surface area contributed by atoms with Crippen LogP contribution in [0.4, 0.5) is 5.69 Å². The van der Waals surface area contributed by atoms with Crippen molar-refractivity contribution >= 4 is 23.1 Å². The highest BCUT2D eigenvalue weighted by atomic mass is 16.6. The monoisotopic (exact) mass is 308 g/mol. The molecule has 0 bridgehead atoms. The van der Waals surface area contributed by atoms with E-state index >= 15 is 0 Å². The molecule has 1 amide bonds. The Kier molecular flexibility index (Phi) is 4.19. The molecular formula is C18H16N2O3. The minimum absolute atomic E-state index is 0.0119. The van der Waals surface area contributed by atoms with Crippen molar-refractivity contribution in [1.82, 2.24) is 0 Å². The van der Waals surface area contributed by atoms with Crippen molar-refractivity contribution in [2.24, 2.45) is 5.16 Å². The van der Waals surface area contributed by atoms with E-state index in [1.54, 1.807) is 24.3 Å². The summed E-state index contributed by atoms with van der Waals surface area (Å²) in [5.41, 5.74) is 2.57. The second kappa shape index (κ2) is 6.44. The summed E-state index contributed by atoms with van der Waals surface area (Å²) in [5, 5.41) is 6.65. The van der Waals surface area contributed by atoms with E-state index in [0.29, 0.717) is 23.4 Å². The van der Waals surface area contributed by atoms with E-state index in [1.165, 1.54) is 6.92 Å². The van der Waals surface area contributed by atoms with Crippen molar-refractivity contribution in [3.63, 3.8) is 0 Å². The lowest BCUT2D eigenvalue weighted by atomic mass is 10.0. The molecule has 1 unspecified atom stereocenters. The molecule has 0 radical (unpaired) electrons. The highest BCUT2D eigenvalue weighted by Crippen LogP contribution is 2.27. The summed E-state index contributed by atoms with van der Waals surface area (Å²) in [7, 11) is 0. The van der Waals surface area contributed by atoms with E-state index in [9.17, 15) is 9.59 Å². The van der Waals surface area contributed by atoms with Gasteiger partial charge >= 0.3 is 0 Å². The van der Waals surface area contributed by atoms with E-state index in [0.717, 1.165) is 5.56 Å². The highest BCUT2D eigenvalue weighted by Gasteiger charge is 2.27. The fourth-order valence-electron chi connectivity index (χ4n) is 2.35. The van der Waals surface area contributed by atoms with Gasteiger partial charge in [0.25, 0.3) is 5.91 Å². The molecule has 0 fully saturated rings. The summed E-state index contributed by atoms with van der Waals surface area (Å²) in [6.45, 7) is 1.50. The normalized spacial score (nSPS) is 16.4. The van der Waals surface area contributed by atoms with Crippen molar-refractivity contribution < 1.29 is 14.4 Å². The number of Topliss-reactive ketones (excluding diaryl/α,β-unsaturated/α-hetero) is 1. The fraction of sp³-hybridized carbons (Fsp3) is 0.167. The van der Waals surface area contributed by atoms with Crippen molar-refractivity contribution in [2.75, 3.05) is 5.32 Å². The summed E-state index contributed by atoms with van der Waals surface area (Å²) in [4.78, 5) is 28.8. The standard InChI is InChI=1S/C18H16N2O3/c1-12(21)13-7-9-15(10-8-13)19-18(22)16-11-17(23-20-16)14-5-3-2-4-6-14/h2-10,17H,11H2,1H3,(H,19,22). The topological polar surface area (TPSA) is 67.8 Å². The molecule has 2 aromatic carbocycles. The second-order valence-corrected chi connectivity index (χ2v) is 5.33. The van der Waals surface area contributed by atoms with Crippen LogP contribution in [0.3, 0.4) is 0 Å². The summed E-state index contributed by atoms with van der Waals surface area (Å²) in [6.07, 6.45) is 0.207. The number of carbonyl (C=O) groups excluding carboxylic acids is 2. The predicted molar refractivity (Wildman–Crippen MR) is 87.4 cm³/mol. The van der Waals surface area contributed by atoms with Crippen LogP contribution < -0.4 is 5.32 Å². The lowest BCUT2D eigenvalue weighted by molar-refractivity contribution is -0.110. The van der Waals surface area contributed by atoms with E-state index in [2.05, 4.69) is 10.5 Å². The van der Waals surface area contributed by atoms with Crippen LogP contribution in [0.1, 0.15) is 35.4 Å². The summed E-state index contributed by atoms with van der Waals surface area (Å²) < 4.78 is 0. The van der Waals surface area contributed by atoms with Gasteiger partial charge in [-0.2, -0.15) is 0 Å². The van der Waals surface area contributed by atoms with Crippen LogP contribution in [-0.4, -0.2) is 17.4 Å². The quantitative estimate of drug-likeness (QED) is 0.881. The number of hydrogen-bond acceptors (Lipinski definition) is 4. The Labute approximate surface area is 134 Å². The Bertz CT molecular complexity index is 752. The largest absolute Gasteiger partial charge is 0.387 e. The third-order valence-corrected chi connectivity index (χ3v) is 3.65. The van der Waals surface area contributed by atoms with E-state index in [4.69, 9.17) is 4.84 Å². The zero-order chi connectivity index (χ0) is 16.2. The molecule has 116 valence electrons. The first kappa shape index (κ1) is 15.0. The van der Waals surface area contributed by atoms with Gasteiger partial charge in [0.2, 0.25) is 0 Å². The van der Waals surface area contributed by atoms with Crippen LogP contribution in [0.15, 0.2) is 59.8 Å². The number of amides is 1. The number of hydrogen-bond donors (Lipinski definition) is 1. The number of oxime groups is 1. The smallest absolute Gasteiger partial charge is 0.273 e. The Balaban J connectivity index is 1.62. The van der Waals surface area contributed by atoms with Gasteiger partial charge in [-0.15, -0.1) is 0 Å². The van der Waals surface area contributed by atoms with Crippen LogP contribution in [0.5, 0.6) is 0 Å². The maximum Gasteiger partial charge on any atom is 0.273 e. The van der Waals surface area contributed by atoms with Crippen molar-refractivity contribution in [3.05, 3.63) is 65.7 Å². The molecule has 0 aromatic heterocycles. The van der Waals surface area contributed by atoms with E-state index in [-0.39, 0.29) is 17.8 Å². The van der Waals surface area contributed by atoms with E-state index < -0.39 is 0 Å². The number of rotatable bonds is 4. The third kappa shape index (κ3) is 3.45. The van der Waals surface area contributed by atoms with Crippen LogP contribution >= 0.6 is 0 Å². The average Bonchev–Trinajstić information content (AvgIpc) is 3.06. The van der Waals surface area contributed by atoms with Crippen molar-refractivity contribution in [2.45, 2.75) is 19.4 Å². The van der Waals surface area contributed by atoms with Gasteiger partial charge < -0.3 is 10.2 Å². The molecule has 0 saturated heterocycles. The number of benzene rings is 2. The number of ketones is 1. The number of carbonyl (C=O) groups is 2. The first-order valence-electron chi connectivity index (χ1n) is 7.33. The van der Waals surface area contributed by atoms with Gasteiger partial charge in [-0.25, -0.2) is 0 Å². The highest BCUT2D eigenvalue weighted by molar-refractivity contribution is 6.43. The minimum Gasteiger partial charge on any atom is -0.387 e. The van der Waals surface area contributed by atoms with Crippen LogP contribution in [0, 0.1) is 0 Å². The van der Waals surface area contributed by atoms with Gasteiger partial charge in [0.15, 0.2) is 11.9 Å². The maximum absolute atomic E-state index is 12.2. The molecule has 1 atom stereocenters. The third-order valence-electron chi connectivity index (χ3n) is 3.65. The van der Waals surface area contributed by atoms with Gasteiger partial charge in [0.1, 0.15) is 5.71 Å². The van der Waals surface area contributed by atoms with Gasteiger partial charge in [-0.1, -0.05) is 35.5 Å². The SMILES string of the molecule is CC(=O)c1ccc(NC(=O)C2=NOC(c3ccccc3)C2)cc1. The Hall–Kier alpha value is -2.95. The fourth-order valence-corrected chi connectivity index (χ4v) is 2.35. The Morgan fingerprint density at radius 2 is 1.78 bits per heavy atom. The summed E-state index contributed by atoms with van der Waals surface area (Å²) in [6, 6.07) is 16.4. The zero-order valence-electron chi connectivity index (χ0n) is 12.7. The van der Waals surface area contributed by atoms with Crippen LogP contribution in [-0.2, 0) is 9.63 Å². The second-order valence-electron chi connectivity index (χ2n) is 5.33. The number of anilines is 1. The predicted octanol–water partition coefficient (Wildman–Crippen LogP) is 3.35. The van der Waals surface area contributed by atoms with Gasteiger partial charge in [-0.3, -0.25) is 9.59 Å². The lowest BCUT2D eigenvalue weighted by Gasteiger charge is -2.07. The molecule has 2 aromatic rings. The molecule has 23 heavy (non-hydrogen) atoms. The minimum atomic E-state index is -0.293. The number of nitrogens with zero attached hydrogens (tertiary/aromatic N) is 1. The van der Waals surface area contributed by atoms with Gasteiger partial charge in [0.05, 0.1) is 0 Å². The molecule has 1 N–H and O–H groups in total. The molecule has 3 rings (SSSR count). The summed E-state index contributed by atoms with van der Waals surface area (Å²) in [5.74, 6) is -0.304. The molecule has 1 aliphatic heterocycles. The first-order chi connectivity index (χ1) is 11.1.